The molecule has 0 saturated carbocycles. The number of benzene rings is 2. The Hall–Kier alpha value is -2.15. The smallest absolute Gasteiger partial charge is 0.282 e. The largest absolute Gasteiger partial charge is 0.366 e. The summed E-state index contributed by atoms with van der Waals surface area (Å²) < 4.78 is 13.7. The summed E-state index contributed by atoms with van der Waals surface area (Å²) in [6.45, 7) is 3.55. The van der Waals surface area contributed by atoms with E-state index in [1.165, 1.54) is 24.3 Å². The van der Waals surface area contributed by atoms with Crippen LogP contribution in [0.1, 0.15) is 35.8 Å². The summed E-state index contributed by atoms with van der Waals surface area (Å²) in [5.74, 6) is -1.34. The van der Waals surface area contributed by atoms with Gasteiger partial charge in [0.1, 0.15) is 11.9 Å². The molecular formula is C18H19Cl2FN3O2+. The minimum Gasteiger partial charge on any atom is -0.366 e. The fraction of sp³-hybridized carbons (Fsp3) is 0.222. The first-order chi connectivity index (χ1) is 12.2. The molecule has 26 heavy (non-hydrogen) atoms. The molecule has 0 spiro atoms. The van der Waals surface area contributed by atoms with Gasteiger partial charge in [0, 0.05) is 16.8 Å². The number of carbonyl (C=O) groups excluding carboxylic acids is 2. The summed E-state index contributed by atoms with van der Waals surface area (Å²) >= 11 is 11.8. The molecule has 0 heterocycles. The monoisotopic (exact) mass is 398 g/mol. The SMILES string of the molecule is C[C@H]([NH2+][C@H](C)C(=O)Nc1ccc(C(N)=O)cc1)c1cc(F)c(Cl)cc1Cl. The van der Waals surface area contributed by atoms with E-state index in [0.29, 0.717) is 21.8 Å². The number of nitrogens with two attached hydrogens (primary N) is 2. The molecule has 8 heteroatoms. The third kappa shape index (κ3) is 4.94. The van der Waals surface area contributed by atoms with Gasteiger partial charge in [0.2, 0.25) is 5.91 Å². The minimum absolute atomic E-state index is 0.0452. The Kier molecular flexibility index (Phi) is 6.58. The Bertz CT molecular complexity index is 828. The molecule has 0 aliphatic rings. The Morgan fingerprint density at radius 1 is 1.12 bits per heavy atom. The standard InChI is InChI=1S/C18H18Cl2FN3O2/c1-9(13-7-16(21)15(20)8-14(13)19)23-10(2)18(26)24-12-5-3-11(4-6-12)17(22)25/h3-10,23H,1-2H3,(H2,22,25)(H,24,26)/p+1/t9-,10+/m0/s1. The average molecular weight is 399 g/mol. The second-order valence-electron chi connectivity index (χ2n) is 5.99. The van der Waals surface area contributed by atoms with Gasteiger partial charge in [-0.3, -0.25) is 9.59 Å². The molecule has 2 aromatic carbocycles. The topological polar surface area (TPSA) is 88.8 Å². The van der Waals surface area contributed by atoms with Crippen LogP contribution in [0.2, 0.25) is 10.0 Å². The van der Waals surface area contributed by atoms with E-state index in [2.05, 4.69) is 5.32 Å². The lowest BCUT2D eigenvalue weighted by molar-refractivity contribution is -0.709. The highest BCUT2D eigenvalue weighted by Gasteiger charge is 2.23. The van der Waals surface area contributed by atoms with Gasteiger partial charge in [-0.15, -0.1) is 0 Å². The maximum atomic E-state index is 13.7. The lowest BCUT2D eigenvalue weighted by Crippen LogP contribution is -2.91. The molecule has 0 aromatic heterocycles. The van der Waals surface area contributed by atoms with Gasteiger partial charge in [0.05, 0.1) is 10.0 Å². The van der Waals surface area contributed by atoms with Crippen LogP contribution in [0.3, 0.4) is 0 Å². The van der Waals surface area contributed by atoms with Gasteiger partial charge < -0.3 is 16.4 Å². The Morgan fingerprint density at radius 2 is 1.73 bits per heavy atom. The molecule has 0 unspecified atom stereocenters. The van der Waals surface area contributed by atoms with Crippen molar-refractivity contribution in [3.63, 3.8) is 0 Å². The molecular weight excluding hydrogens is 380 g/mol. The van der Waals surface area contributed by atoms with E-state index in [4.69, 9.17) is 28.9 Å². The second-order valence-corrected chi connectivity index (χ2v) is 6.80. The van der Waals surface area contributed by atoms with Crippen LogP contribution in [0, 0.1) is 5.82 Å². The van der Waals surface area contributed by atoms with Crippen LogP contribution < -0.4 is 16.4 Å². The fourth-order valence-corrected chi connectivity index (χ4v) is 3.04. The molecule has 0 radical (unpaired) electrons. The number of anilines is 1. The number of primary amides is 1. The highest BCUT2D eigenvalue weighted by Crippen LogP contribution is 2.27. The van der Waals surface area contributed by atoms with Gasteiger partial charge >= 0.3 is 0 Å². The summed E-state index contributed by atoms with van der Waals surface area (Å²) in [6.07, 6.45) is 0. The zero-order chi connectivity index (χ0) is 19.4. The molecule has 2 amide bonds. The predicted molar refractivity (Wildman–Crippen MR) is 99.8 cm³/mol. The van der Waals surface area contributed by atoms with Crippen LogP contribution in [0.5, 0.6) is 0 Å². The highest BCUT2D eigenvalue weighted by molar-refractivity contribution is 6.35. The number of halogens is 3. The van der Waals surface area contributed by atoms with E-state index in [1.807, 2.05) is 6.92 Å². The summed E-state index contributed by atoms with van der Waals surface area (Å²) in [5, 5.41) is 4.81. The molecule has 138 valence electrons. The fourth-order valence-electron chi connectivity index (χ4n) is 2.48. The summed E-state index contributed by atoms with van der Waals surface area (Å²) in [7, 11) is 0. The number of quaternary nitrogens is 1. The van der Waals surface area contributed by atoms with Crippen molar-refractivity contribution in [1.82, 2.24) is 0 Å². The molecule has 0 fully saturated rings. The van der Waals surface area contributed by atoms with Gasteiger partial charge in [-0.25, -0.2) is 4.39 Å². The van der Waals surface area contributed by atoms with Crippen molar-refractivity contribution in [3.8, 4) is 0 Å². The van der Waals surface area contributed by atoms with Crippen LogP contribution in [-0.4, -0.2) is 17.9 Å². The van der Waals surface area contributed by atoms with E-state index >= 15 is 0 Å². The maximum Gasteiger partial charge on any atom is 0.282 e. The summed E-state index contributed by atoms with van der Waals surface area (Å²) in [6, 6.07) is 8.17. The first-order valence-electron chi connectivity index (χ1n) is 7.89. The average Bonchev–Trinajstić information content (AvgIpc) is 2.58. The molecule has 2 aromatic rings. The lowest BCUT2D eigenvalue weighted by atomic mass is 10.1. The summed E-state index contributed by atoms with van der Waals surface area (Å²) in [5.41, 5.74) is 6.64. The van der Waals surface area contributed by atoms with E-state index in [0.717, 1.165) is 0 Å². The summed E-state index contributed by atoms with van der Waals surface area (Å²) in [4.78, 5) is 23.4. The van der Waals surface area contributed by atoms with Crippen molar-refractivity contribution < 1.29 is 19.3 Å². The minimum atomic E-state index is -0.557. The number of carbonyl (C=O) groups is 2. The van der Waals surface area contributed by atoms with Gasteiger partial charge in [-0.05, 0) is 50.2 Å². The molecule has 2 rings (SSSR count). The van der Waals surface area contributed by atoms with E-state index in [-0.39, 0.29) is 17.0 Å². The van der Waals surface area contributed by atoms with Crippen molar-refractivity contribution in [3.05, 3.63) is 63.4 Å². The quantitative estimate of drug-likeness (QED) is 0.653. The van der Waals surface area contributed by atoms with Crippen LogP contribution in [-0.2, 0) is 4.79 Å². The van der Waals surface area contributed by atoms with E-state index in [9.17, 15) is 14.0 Å². The van der Waals surface area contributed by atoms with Crippen LogP contribution >= 0.6 is 23.2 Å². The number of rotatable bonds is 6. The zero-order valence-corrected chi connectivity index (χ0v) is 15.7. The molecule has 2 atom stereocenters. The lowest BCUT2D eigenvalue weighted by Gasteiger charge is -2.18. The number of hydrogen-bond donors (Lipinski definition) is 3. The van der Waals surface area contributed by atoms with Gasteiger partial charge in [-0.1, -0.05) is 23.2 Å². The first kappa shape index (κ1) is 20.2. The van der Waals surface area contributed by atoms with Crippen LogP contribution in [0.4, 0.5) is 10.1 Å². The number of hydrogen-bond acceptors (Lipinski definition) is 2. The Balaban J connectivity index is 2.02. The Labute approximate surface area is 160 Å². The normalized spacial score (nSPS) is 13.1. The molecule has 5 N–H and O–H groups in total. The van der Waals surface area contributed by atoms with Crippen molar-refractivity contribution in [2.75, 3.05) is 5.32 Å². The highest BCUT2D eigenvalue weighted by atomic mass is 35.5. The molecule has 0 bridgehead atoms. The van der Waals surface area contributed by atoms with Gasteiger partial charge in [-0.2, -0.15) is 0 Å². The van der Waals surface area contributed by atoms with Crippen molar-refractivity contribution >= 4 is 40.7 Å². The third-order valence-corrected chi connectivity index (χ3v) is 4.58. The molecule has 0 aliphatic heterocycles. The predicted octanol–water partition coefficient (Wildman–Crippen LogP) is 2.88. The van der Waals surface area contributed by atoms with Gasteiger partial charge in [0.15, 0.2) is 6.04 Å². The maximum absolute atomic E-state index is 13.7. The van der Waals surface area contributed by atoms with E-state index in [1.54, 1.807) is 24.4 Å². The van der Waals surface area contributed by atoms with Crippen molar-refractivity contribution in [1.29, 1.82) is 0 Å². The second kappa shape index (κ2) is 8.49. The Morgan fingerprint density at radius 3 is 2.31 bits per heavy atom. The molecule has 0 aliphatic carbocycles. The zero-order valence-electron chi connectivity index (χ0n) is 14.2. The van der Waals surface area contributed by atoms with Gasteiger partial charge in [0.25, 0.3) is 5.91 Å². The van der Waals surface area contributed by atoms with E-state index < -0.39 is 17.8 Å². The first-order valence-corrected chi connectivity index (χ1v) is 8.64. The number of amides is 2. The van der Waals surface area contributed by atoms with Crippen molar-refractivity contribution in [2.45, 2.75) is 25.9 Å². The van der Waals surface area contributed by atoms with Crippen LogP contribution in [0.25, 0.3) is 0 Å². The van der Waals surface area contributed by atoms with Crippen LogP contribution in [0.15, 0.2) is 36.4 Å². The molecule has 0 saturated heterocycles. The molecule has 5 nitrogen and oxygen atoms in total. The third-order valence-electron chi connectivity index (χ3n) is 3.96. The number of nitrogens with one attached hydrogen (secondary N) is 1. The van der Waals surface area contributed by atoms with Crippen molar-refractivity contribution in [2.24, 2.45) is 5.73 Å².